The number of carbonyl (C=O) groups excluding carboxylic acids is 3. The molecular formula is C21H17NO4S. The Morgan fingerprint density at radius 2 is 1.56 bits per heavy atom. The van der Waals surface area contributed by atoms with Crippen LogP contribution in [0.5, 0.6) is 0 Å². The molecule has 0 aliphatic carbocycles. The summed E-state index contributed by atoms with van der Waals surface area (Å²) in [5, 5.41) is 4.28. The monoisotopic (exact) mass is 379 g/mol. The first-order valence-electron chi connectivity index (χ1n) is 8.30. The van der Waals surface area contributed by atoms with Crippen LogP contribution in [0.4, 0.5) is 0 Å². The molecule has 3 aromatic rings. The fourth-order valence-corrected chi connectivity index (χ4v) is 3.12. The molecule has 0 bridgehead atoms. The van der Waals surface area contributed by atoms with Crippen LogP contribution in [-0.4, -0.2) is 24.2 Å². The van der Waals surface area contributed by atoms with Gasteiger partial charge in [0, 0.05) is 11.1 Å². The first-order valence-corrected chi connectivity index (χ1v) is 9.18. The van der Waals surface area contributed by atoms with E-state index in [9.17, 15) is 14.4 Å². The molecule has 1 heterocycles. The van der Waals surface area contributed by atoms with Crippen LogP contribution in [0.1, 0.15) is 31.7 Å². The molecule has 0 saturated heterocycles. The van der Waals surface area contributed by atoms with Crippen molar-refractivity contribution in [3.63, 3.8) is 0 Å². The number of esters is 1. The second-order valence-electron chi connectivity index (χ2n) is 5.67. The Kier molecular flexibility index (Phi) is 6.12. The van der Waals surface area contributed by atoms with E-state index in [1.165, 1.54) is 11.3 Å². The van der Waals surface area contributed by atoms with E-state index in [0.29, 0.717) is 16.0 Å². The Bertz CT molecular complexity index is 908. The molecule has 1 N–H and O–H groups in total. The van der Waals surface area contributed by atoms with E-state index in [2.05, 4.69) is 5.32 Å². The maximum Gasteiger partial charge on any atom is 0.326 e. The Balaban J connectivity index is 1.70. The predicted molar refractivity (Wildman–Crippen MR) is 103 cm³/mol. The van der Waals surface area contributed by atoms with Crippen molar-refractivity contribution in [2.45, 2.75) is 6.10 Å². The lowest BCUT2D eigenvalue weighted by Crippen LogP contribution is -2.32. The highest BCUT2D eigenvalue weighted by Crippen LogP contribution is 2.22. The van der Waals surface area contributed by atoms with Crippen LogP contribution in [0, 0.1) is 0 Å². The molecule has 27 heavy (non-hydrogen) atoms. The van der Waals surface area contributed by atoms with Gasteiger partial charge in [0.25, 0.3) is 5.91 Å². The Morgan fingerprint density at radius 1 is 0.889 bits per heavy atom. The van der Waals surface area contributed by atoms with Gasteiger partial charge >= 0.3 is 5.97 Å². The van der Waals surface area contributed by atoms with E-state index in [-0.39, 0.29) is 18.2 Å². The second kappa shape index (κ2) is 8.91. The van der Waals surface area contributed by atoms with Crippen molar-refractivity contribution in [1.82, 2.24) is 5.32 Å². The molecule has 6 heteroatoms. The van der Waals surface area contributed by atoms with Gasteiger partial charge in [0.15, 0.2) is 6.10 Å². The van der Waals surface area contributed by atoms with Crippen molar-refractivity contribution < 1.29 is 19.1 Å². The molecule has 136 valence electrons. The number of hydrogen-bond donors (Lipinski definition) is 1. The summed E-state index contributed by atoms with van der Waals surface area (Å²) in [7, 11) is 0. The summed E-state index contributed by atoms with van der Waals surface area (Å²) in [4.78, 5) is 37.5. The van der Waals surface area contributed by atoms with Gasteiger partial charge in [-0.1, -0.05) is 66.7 Å². The van der Waals surface area contributed by atoms with E-state index in [1.807, 2.05) is 6.07 Å². The summed E-state index contributed by atoms with van der Waals surface area (Å²) in [6.45, 7) is -0.317. The summed E-state index contributed by atoms with van der Waals surface area (Å²) >= 11 is 1.28. The van der Waals surface area contributed by atoms with Crippen molar-refractivity contribution >= 4 is 29.0 Å². The zero-order valence-corrected chi connectivity index (χ0v) is 15.1. The largest absolute Gasteiger partial charge is 0.448 e. The zero-order valence-electron chi connectivity index (χ0n) is 14.3. The number of benzene rings is 2. The minimum Gasteiger partial charge on any atom is -0.448 e. The first-order chi connectivity index (χ1) is 13.1. The fraction of sp³-hybridized carbons (Fsp3) is 0.0952. The Hall–Kier alpha value is -3.25. The quantitative estimate of drug-likeness (QED) is 0.502. The van der Waals surface area contributed by atoms with Crippen LogP contribution in [0.15, 0.2) is 78.2 Å². The lowest BCUT2D eigenvalue weighted by Gasteiger charge is -2.17. The SMILES string of the molecule is O=C(CNC(=O)c1cccs1)O[C@H](C(=O)c1ccccc1)c1ccccc1. The molecule has 0 aliphatic rings. The molecule has 0 saturated carbocycles. The van der Waals surface area contributed by atoms with Crippen LogP contribution in [-0.2, 0) is 9.53 Å². The molecule has 0 radical (unpaired) electrons. The predicted octanol–water partition coefficient (Wildman–Crippen LogP) is 3.65. The lowest BCUT2D eigenvalue weighted by atomic mass is 10.00. The topological polar surface area (TPSA) is 72.5 Å². The van der Waals surface area contributed by atoms with Gasteiger partial charge in [-0.15, -0.1) is 11.3 Å². The Labute approximate surface area is 160 Å². The molecule has 0 aliphatic heterocycles. The van der Waals surface area contributed by atoms with Crippen molar-refractivity contribution in [2.24, 2.45) is 0 Å². The van der Waals surface area contributed by atoms with Crippen LogP contribution in [0.3, 0.4) is 0 Å². The molecule has 5 nitrogen and oxygen atoms in total. The van der Waals surface area contributed by atoms with Crippen molar-refractivity contribution in [3.05, 3.63) is 94.2 Å². The molecule has 1 atom stereocenters. The number of ketones is 1. The summed E-state index contributed by atoms with van der Waals surface area (Å²) < 4.78 is 5.42. The number of ether oxygens (including phenoxy) is 1. The van der Waals surface area contributed by atoms with Gasteiger partial charge in [-0.3, -0.25) is 14.4 Å². The maximum atomic E-state index is 12.8. The molecular weight excluding hydrogens is 362 g/mol. The number of Topliss-reactive ketones (excluding diaryl/α,β-unsaturated/α-hetero) is 1. The second-order valence-corrected chi connectivity index (χ2v) is 6.62. The average Bonchev–Trinajstić information content (AvgIpc) is 3.26. The Morgan fingerprint density at radius 3 is 2.19 bits per heavy atom. The van der Waals surface area contributed by atoms with Gasteiger partial charge in [0.1, 0.15) is 6.54 Å². The fourth-order valence-electron chi connectivity index (χ4n) is 2.47. The van der Waals surface area contributed by atoms with Crippen molar-refractivity contribution in [3.8, 4) is 0 Å². The number of hydrogen-bond acceptors (Lipinski definition) is 5. The minimum absolute atomic E-state index is 0.317. The molecule has 1 aromatic heterocycles. The van der Waals surface area contributed by atoms with E-state index in [1.54, 1.807) is 72.1 Å². The molecule has 3 rings (SSSR count). The van der Waals surface area contributed by atoms with E-state index >= 15 is 0 Å². The van der Waals surface area contributed by atoms with Crippen molar-refractivity contribution in [2.75, 3.05) is 6.54 Å². The molecule has 2 aromatic carbocycles. The van der Waals surface area contributed by atoms with Gasteiger partial charge in [0.2, 0.25) is 5.78 Å². The smallest absolute Gasteiger partial charge is 0.326 e. The van der Waals surface area contributed by atoms with Gasteiger partial charge in [-0.2, -0.15) is 0 Å². The van der Waals surface area contributed by atoms with Crippen LogP contribution in [0.2, 0.25) is 0 Å². The third kappa shape index (κ3) is 4.89. The number of thiophene rings is 1. The van der Waals surface area contributed by atoms with Gasteiger partial charge in [0.05, 0.1) is 4.88 Å². The van der Waals surface area contributed by atoms with E-state index < -0.39 is 12.1 Å². The highest BCUT2D eigenvalue weighted by Gasteiger charge is 2.26. The highest BCUT2D eigenvalue weighted by molar-refractivity contribution is 7.12. The van der Waals surface area contributed by atoms with Gasteiger partial charge in [-0.25, -0.2) is 0 Å². The highest BCUT2D eigenvalue weighted by atomic mass is 32.1. The average molecular weight is 379 g/mol. The lowest BCUT2D eigenvalue weighted by molar-refractivity contribution is -0.146. The molecule has 0 unspecified atom stereocenters. The summed E-state index contributed by atoms with van der Waals surface area (Å²) in [6.07, 6.45) is -1.07. The van der Waals surface area contributed by atoms with Gasteiger partial charge < -0.3 is 10.1 Å². The molecule has 0 fully saturated rings. The number of rotatable bonds is 7. The summed E-state index contributed by atoms with van der Waals surface area (Å²) in [5.74, 6) is -1.36. The van der Waals surface area contributed by atoms with E-state index in [4.69, 9.17) is 4.74 Å². The molecule has 1 amide bonds. The standard InChI is InChI=1S/C21H17NO4S/c23-18(14-22-21(25)17-12-7-13-27-17)26-20(16-10-5-2-6-11-16)19(24)15-8-3-1-4-9-15/h1-13,20H,14H2,(H,22,25)/t20-/m0/s1. The molecule has 0 spiro atoms. The number of nitrogens with one attached hydrogen (secondary N) is 1. The minimum atomic E-state index is -1.07. The van der Waals surface area contributed by atoms with Crippen LogP contribution in [0.25, 0.3) is 0 Å². The maximum absolute atomic E-state index is 12.8. The summed E-state index contributed by atoms with van der Waals surface area (Å²) in [5.41, 5.74) is 1.02. The van der Waals surface area contributed by atoms with Crippen molar-refractivity contribution in [1.29, 1.82) is 0 Å². The third-order valence-electron chi connectivity index (χ3n) is 3.79. The zero-order chi connectivity index (χ0) is 19.1. The number of amides is 1. The van der Waals surface area contributed by atoms with Crippen LogP contribution >= 0.6 is 11.3 Å². The third-order valence-corrected chi connectivity index (χ3v) is 4.65. The first kappa shape index (κ1) is 18.5. The van der Waals surface area contributed by atoms with E-state index in [0.717, 1.165) is 0 Å². The number of carbonyl (C=O) groups is 3. The normalized spacial score (nSPS) is 11.4. The summed E-state index contributed by atoms with van der Waals surface area (Å²) in [6, 6.07) is 20.9. The van der Waals surface area contributed by atoms with Gasteiger partial charge in [-0.05, 0) is 11.4 Å². The van der Waals surface area contributed by atoms with Crippen LogP contribution < -0.4 is 5.32 Å².